The van der Waals surface area contributed by atoms with Gasteiger partial charge in [-0.2, -0.15) is 0 Å². The molecule has 0 N–H and O–H groups in total. The molecule has 0 aliphatic carbocycles. The molecular formula is C11H13Br. The molecule has 0 aliphatic heterocycles. The van der Waals surface area contributed by atoms with Crippen molar-refractivity contribution in [2.24, 2.45) is 0 Å². The number of halogens is 1. The minimum Gasteiger partial charge on any atom is -0.0813 e. The number of hydrogen-bond donors (Lipinski definition) is 0. The molecule has 0 spiro atoms. The third-order valence-electron chi connectivity index (χ3n) is 1.79. The monoisotopic (exact) mass is 224 g/mol. The van der Waals surface area contributed by atoms with Crippen molar-refractivity contribution in [2.75, 3.05) is 0 Å². The molecule has 0 atom stereocenters. The average Bonchev–Trinajstić information content (AvgIpc) is 2.05. The second kappa shape index (κ2) is 4.46. The maximum Gasteiger partial charge on any atom is 0.0181 e. The minimum absolute atomic E-state index is 1.10. The lowest BCUT2D eigenvalue weighted by Gasteiger charge is -2.00. The van der Waals surface area contributed by atoms with Crippen molar-refractivity contribution in [3.63, 3.8) is 0 Å². The predicted octanol–water partition coefficient (Wildman–Crippen LogP) is 4.26. The lowest BCUT2D eigenvalue weighted by molar-refractivity contribution is 1.22. The van der Waals surface area contributed by atoms with Gasteiger partial charge in [0, 0.05) is 4.47 Å². The third-order valence-corrected chi connectivity index (χ3v) is 2.28. The van der Waals surface area contributed by atoms with Crippen LogP contribution in [-0.2, 0) is 0 Å². The summed E-state index contributed by atoms with van der Waals surface area (Å²) in [6.07, 6.45) is 3.33. The van der Waals surface area contributed by atoms with Crippen molar-refractivity contribution < 1.29 is 0 Å². The number of benzene rings is 1. The van der Waals surface area contributed by atoms with Gasteiger partial charge in [-0.05, 0) is 36.6 Å². The van der Waals surface area contributed by atoms with Crippen LogP contribution in [0.25, 0.3) is 5.57 Å². The fraction of sp³-hybridized carbons (Fsp3) is 0.273. The van der Waals surface area contributed by atoms with Gasteiger partial charge in [-0.3, -0.25) is 0 Å². The van der Waals surface area contributed by atoms with Gasteiger partial charge >= 0.3 is 0 Å². The Labute approximate surface area is 82.4 Å². The molecule has 0 amide bonds. The summed E-state index contributed by atoms with van der Waals surface area (Å²) < 4.78 is 1.14. The van der Waals surface area contributed by atoms with Gasteiger partial charge in [-0.1, -0.05) is 41.1 Å². The first-order valence-electron chi connectivity index (χ1n) is 4.16. The zero-order valence-electron chi connectivity index (χ0n) is 7.47. The Morgan fingerprint density at radius 2 is 2.25 bits per heavy atom. The van der Waals surface area contributed by atoms with Crippen LogP contribution in [0.1, 0.15) is 25.8 Å². The average molecular weight is 225 g/mol. The normalized spacial score (nSPS) is 11.8. The molecule has 0 aliphatic rings. The van der Waals surface area contributed by atoms with E-state index in [1.54, 1.807) is 0 Å². The highest BCUT2D eigenvalue weighted by Gasteiger charge is 1.94. The molecule has 0 heterocycles. The molecule has 1 rings (SSSR count). The van der Waals surface area contributed by atoms with Crippen molar-refractivity contribution in [3.05, 3.63) is 40.4 Å². The smallest absolute Gasteiger partial charge is 0.0181 e. The Morgan fingerprint density at radius 3 is 2.83 bits per heavy atom. The lowest BCUT2D eigenvalue weighted by Crippen LogP contribution is -1.78. The summed E-state index contributed by atoms with van der Waals surface area (Å²) in [5, 5.41) is 0. The first-order chi connectivity index (χ1) is 5.74. The van der Waals surface area contributed by atoms with Gasteiger partial charge in [0.2, 0.25) is 0 Å². The van der Waals surface area contributed by atoms with Gasteiger partial charge in [-0.15, -0.1) is 0 Å². The van der Waals surface area contributed by atoms with Crippen LogP contribution >= 0.6 is 15.9 Å². The Hall–Kier alpha value is -0.560. The van der Waals surface area contributed by atoms with Gasteiger partial charge < -0.3 is 0 Å². The molecule has 0 fully saturated rings. The molecule has 1 aromatic carbocycles. The maximum atomic E-state index is 3.45. The molecule has 0 saturated carbocycles. The van der Waals surface area contributed by atoms with E-state index in [1.165, 1.54) is 11.1 Å². The Morgan fingerprint density at radius 1 is 1.50 bits per heavy atom. The molecule has 0 radical (unpaired) electrons. The molecule has 0 bridgehead atoms. The molecule has 0 nitrogen and oxygen atoms in total. The molecular weight excluding hydrogens is 212 g/mol. The van der Waals surface area contributed by atoms with E-state index in [0.717, 1.165) is 10.9 Å². The summed E-state index contributed by atoms with van der Waals surface area (Å²) in [6.45, 7) is 4.30. The van der Waals surface area contributed by atoms with Gasteiger partial charge in [-0.25, -0.2) is 0 Å². The molecule has 12 heavy (non-hydrogen) atoms. The van der Waals surface area contributed by atoms with Crippen LogP contribution < -0.4 is 0 Å². The minimum atomic E-state index is 1.10. The van der Waals surface area contributed by atoms with E-state index in [4.69, 9.17) is 0 Å². The molecule has 1 aromatic rings. The highest BCUT2D eigenvalue weighted by Crippen LogP contribution is 2.18. The van der Waals surface area contributed by atoms with Crippen molar-refractivity contribution in [1.82, 2.24) is 0 Å². The first kappa shape index (κ1) is 9.53. The molecule has 0 unspecified atom stereocenters. The first-order valence-corrected chi connectivity index (χ1v) is 4.96. The Balaban J connectivity index is 2.95. The van der Waals surface area contributed by atoms with Crippen LogP contribution in [-0.4, -0.2) is 0 Å². The number of rotatable bonds is 2. The third kappa shape index (κ3) is 2.49. The van der Waals surface area contributed by atoms with E-state index >= 15 is 0 Å². The van der Waals surface area contributed by atoms with E-state index in [1.807, 2.05) is 6.07 Å². The van der Waals surface area contributed by atoms with Crippen molar-refractivity contribution in [2.45, 2.75) is 20.3 Å². The zero-order valence-corrected chi connectivity index (χ0v) is 9.06. The van der Waals surface area contributed by atoms with E-state index in [9.17, 15) is 0 Å². The Bertz CT molecular complexity index is 287. The van der Waals surface area contributed by atoms with Crippen LogP contribution in [0.3, 0.4) is 0 Å². The second-order valence-corrected chi connectivity index (χ2v) is 3.72. The number of allylic oxidation sites excluding steroid dienone is 2. The van der Waals surface area contributed by atoms with E-state index in [0.29, 0.717) is 0 Å². The Kier molecular flexibility index (Phi) is 3.54. The topological polar surface area (TPSA) is 0 Å². The second-order valence-electron chi connectivity index (χ2n) is 2.81. The van der Waals surface area contributed by atoms with Crippen LogP contribution in [0.15, 0.2) is 34.8 Å². The highest BCUT2D eigenvalue weighted by molar-refractivity contribution is 9.10. The number of hydrogen-bond acceptors (Lipinski definition) is 0. The molecule has 1 heteroatoms. The summed E-state index contributed by atoms with van der Waals surface area (Å²) in [7, 11) is 0. The van der Waals surface area contributed by atoms with Crippen LogP contribution in [0.2, 0.25) is 0 Å². The fourth-order valence-electron chi connectivity index (χ4n) is 1.16. The van der Waals surface area contributed by atoms with E-state index in [2.05, 4.69) is 54.1 Å². The SMILES string of the molecule is CC/C=C(\C)c1cccc(Br)c1. The fourth-order valence-corrected chi connectivity index (χ4v) is 1.56. The van der Waals surface area contributed by atoms with Crippen LogP contribution in [0.4, 0.5) is 0 Å². The summed E-state index contributed by atoms with van der Waals surface area (Å²) >= 11 is 3.45. The van der Waals surface area contributed by atoms with E-state index in [-0.39, 0.29) is 0 Å². The van der Waals surface area contributed by atoms with Gasteiger partial charge in [0.1, 0.15) is 0 Å². The highest BCUT2D eigenvalue weighted by atomic mass is 79.9. The van der Waals surface area contributed by atoms with Crippen molar-refractivity contribution in [3.8, 4) is 0 Å². The predicted molar refractivity (Wildman–Crippen MR) is 58.1 cm³/mol. The molecule has 0 saturated heterocycles. The van der Waals surface area contributed by atoms with Crippen molar-refractivity contribution in [1.29, 1.82) is 0 Å². The van der Waals surface area contributed by atoms with Crippen LogP contribution in [0.5, 0.6) is 0 Å². The summed E-state index contributed by atoms with van der Waals surface area (Å²) in [5.74, 6) is 0. The lowest BCUT2D eigenvalue weighted by atomic mass is 10.1. The summed E-state index contributed by atoms with van der Waals surface area (Å²) in [4.78, 5) is 0. The van der Waals surface area contributed by atoms with Gasteiger partial charge in [0.25, 0.3) is 0 Å². The molecule has 0 aromatic heterocycles. The van der Waals surface area contributed by atoms with Gasteiger partial charge in [0.05, 0.1) is 0 Å². The van der Waals surface area contributed by atoms with E-state index < -0.39 is 0 Å². The van der Waals surface area contributed by atoms with Crippen LogP contribution in [0, 0.1) is 0 Å². The van der Waals surface area contributed by atoms with Gasteiger partial charge in [0.15, 0.2) is 0 Å². The maximum absolute atomic E-state index is 3.45. The largest absolute Gasteiger partial charge is 0.0813 e. The summed E-state index contributed by atoms with van der Waals surface area (Å²) in [6, 6.07) is 8.38. The molecule has 64 valence electrons. The quantitative estimate of drug-likeness (QED) is 0.705. The summed E-state index contributed by atoms with van der Waals surface area (Å²) in [5.41, 5.74) is 2.64. The standard InChI is InChI=1S/C11H13Br/c1-3-5-9(2)10-6-4-7-11(12)8-10/h4-8H,3H2,1-2H3/b9-5+. The zero-order chi connectivity index (χ0) is 8.97. The van der Waals surface area contributed by atoms with Crippen molar-refractivity contribution >= 4 is 21.5 Å².